The number of nitrogens with zero attached hydrogens (tertiary/aromatic N) is 1. The Hall–Kier alpha value is -1.80. The molecule has 136 valence electrons. The minimum Gasteiger partial charge on any atom is -0.493 e. The van der Waals surface area contributed by atoms with Crippen LogP contribution in [0.1, 0.15) is 20.8 Å². The van der Waals surface area contributed by atoms with Crippen molar-refractivity contribution < 1.29 is 22.7 Å². The van der Waals surface area contributed by atoms with Gasteiger partial charge in [0.15, 0.2) is 11.5 Å². The highest BCUT2D eigenvalue weighted by Gasteiger charge is 2.18. The number of rotatable bonds is 9. The first-order chi connectivity index (χ1) is 11.2. The molecule has 0 atom stereocenters. The third-order valence-corrected chi connectivity index (χ3v) is 4.83. The van der Waals surface area contributed by atoms with E-state index >= 15 is 0 Å². The molecule has 0 radical (unpaired) electrons. The normalized spacial score (nSPS) is 11.4. The Morgan fingerprint density at radius 2 is 1.83 bits per heavy atom. The summed E-state index contributed by atoms with van der Waals surface area (Å²) >= 11 is 0. The molecule has 8 heteroatoms. The van der Waals surface area contributed by atoms with Crippen molar-refractivity contribution in [3.8, 4) is 11.5 Å². The lowest BCUT2D eigenvalue weighted by molar-refractivity contribution is -0.129. The van der Waals surface area contributed by atoms with Crippen LogP contribution >= 0.6 is 0 Å². The second-order valence-corrected chi connectivity index (χ2v) is 7.54. The van der Waals surface area contributed by atoms with Gasteiger partial charge in [0.25, 0.3) is 0 Å². The van der Waals surface area contributed by atoms with Gasteiger partial charge in [-0.1, -0.05) is 13.8 Å². The summed E-state index contributed by atoms with van der Waals surface area (Å²) in [6.45, 7) is 6.54. The monoisotopic (exact) mass is 358 g/mol. The number of sulfonamides is 1. The third kappa shape index (κ3) is 5.68. The van der Waals surface area contributed by atoms with Crippen LogP contribution in [0.25, 0.3) is 0 Å². The summed E-state index contributed by atoms with van der Waals surface area (Å²) in [6, 6.07) is 4.38. The van der Waals surface area contributed by atoms with Crippen molar-refractivity contribution in [3.63, 3.8) is 0 Å². The van der Waals surface area contributed by atoms with Gasteiger partial charge in [-0.05, 0) is 18.1 Å². The zero-order valence-corrected chi connectivity index (χ0v) is 15.6. The van der Waals surface area contributed by atoms with Crippen LogP contribution in [0.5, 0.6) is 11.5 Å². The Balaban J connectivity index is 2.78. The minimum absolute atomic E-state index is 0.0750. The van der Waals surface area contributed by atoms with Gasteiger partial charge in [0.1, 0.15) is 0 Å². The molecule has 0 spiro atoms. The molecule has 0 saturated heterocycles. The molecule has 1 amide bonds. The van der Waals surface area contributed by atoms with Crippen LogP contribution in [-0.4, -0.2) is 53.1 Å². The lowest BCUT2D eigenvalue weighted by Crippen LogP contribution is -2.39. The molecule has 0 unspecified atom stereocenters. The van der Waals surface area contributed by atoms with Crippen LogP contribution in [0, 0.1) is 5.92 Å². The molecular weight excluding hydrogens is 332 g/mol. The SMILES string of the molecule is COc1ccc(S(=O)(=O)NCCN(CC(C)C)C(C)=O)cc1OC. The Morgan fingerprint density at radius 1 is 1.21 bits per heavy atom. The number of amides is 1. The van der Waals surface area contributed by atoms with E-state index in [9.17, 15) is 13.2 Å². The van der Waals surface area contributed by atoms with E-state index in [0.717, 1.165) is 0 Å². The summed E-state index contributed by atoms with van der Waals surface area (Å²) in [5.41, 5.74) is 0. The number of carbonyl (C=O) groups excluding carboxylic acids is 1. The second kappa shape index (κ2) is 8.89. The summed E-state index contributed by atoms with van der Waals surface area (Å²) in [5.74, 6) is 1.03. The Morgan fingerprint density at radius 3 is 2.33 bits per heavy atom. The van der Waals surface area contributed by atoms with Gasteiger partial charge >= 0.3 is 0 Å². The van der Waals surface area contributed by atoms with Gasteiger partial charge in [0.05, 0.1) is 19.1 Å². The highest BCUT2D eigenvalue weighted by Crippen LogP contribution is 2.29. The van der Waals surface area contributed by atoms with Crippen molar-refractivity contribution in [2.45, 2.75) is 25.7 Å². The average molecular weight is 358 g/mol. The largest absolute Gasteiger partial charge is 0.493 e. The Kier molecular flexibility index (Phi) is 7.50. The van der Waals surface area contributed by atoms with E-state index in [-0.39, 0.29) is 17.3 Å². The van der Waals surface area contributed by atoms with Crippen molar-refractivity contribution in [2.75, 3.05) is 33.9 Å². The van der Waals surface area contributed by atoms with E-state index in [0.29, 0.717) is 30.5 Å². The van der Waals surface area contributed by atoms with Gasteiger partial charge in [-0.2, -0.15) is 0 Å². The molecular formula is C16H26N2O5S. The van der Waals surface area contributed by atoms with Gasteiger partial charge in [-0.15, -0.1) is 0 Å². The highest BCUT2D eigenvalue weighted by molar-refractivity contribution is 7.89. The smallest absolute Gasteiger partial charge is 0.240 e. The van der Waals surface area contributed by atoms with Gasteiger partial charge < -0.3 is 14.4 Å². The molecule has 0 fully saturated rings. The van der Waals surface area contributed by atoms with E-state index < -0.39 is 10.0 Å². The molecule has 0 saturated carbocycles. The lowest BCUT2D eigenvalue weighted by atomic mass is 10.2. The number of benzene rings is 1. The van der Waals surface area contributed by atoms with Gasteiger partial charge in [-0.25, -0.2) is 13.1 Å². The van der Waals surface area contributed by atoms with Crippen LogP contribution in [-0.2, 0) is 14.8 Å². The summed E-state index contributed by atoms with van der Waals surface area (Å²) in [5, 5.41) is 0. The van der Waals surface area contributed by atoms with Crippen LogP contribution in [0.2, 0.25) is 0 Å². The molecule has 24 heavy (non-hydrogen) atoms. The van der Waals surface area contributed by atoms with Gasteiger partial charge in [0.2, 0.25) is 15.9 Å². The standard InChI is InChI=1S/C16H26N2O5S/c1-12(2)11-18(13(3)19)9-8-17-24(20,21)14-6-7-15(22-4)16(10-14)23-5/h6-7,10,12,17H,8-9,11H2,1-5H3. The lowest BCUT2D eigenvalue weighted by Gasteiger charge is -2.23. The summed E-state index contributed by atoms with van der Waals surface area (Å²) in [6.07, 6.45) is 0. The first-order valence-corrected chi connectivity index (χ1v) is 9.16. The second-order valence-electron chi connectivity index (χ2n) is 5.77. The van der Waals surface area contributed by atoms with Crippen molar-refractivity contribution in [1.82, 2.24) is 9.62 Å². The maximum atomic E-state index is 12.4. The van der Waals surface area contributed by atoms with E-state index in [1.165, 1.54) is 39.3 Å². The van der Waals surface area contributed by atoms with Crippen LogP contribution in [0.15, 0.2) is 23.1 Å². The maximum absolute atomic E-state index is 12.4. The fraction of sp³-hybridized carbons (Fsp3) is 0.562. The average Bonchev–Trinajstić information content (AvgIpc) is 2.52. The number of carbonyl (C=O) groups is 1. The fourth-order valence-electron chi connectivity index (χ4n) is 2.20. The zero-order valence-electron chi connectivity index (χ0n) is 14.8. The Labute approximate surface area is 144 Å². The predicted octanol–water partition coefficient (Wildman–Crippen LogP) is 1.49. The number of methoxy groups -OCH3 is 2. The number of hydrogen-bond donors (Lipinski definition) is 1. The summed E-state index contributed by atoms with van der Waals surface area (Å²) < 4.78 is 37.4. The summed E-state index contributed by atoms with van der Waals surface area (Å²) in [7, 11) is -0.767. The van der Waals surface area contributed by atoms with Crippen molar-refractivity contribution >= 4 is 15.9 Å². The minimum atomic E-state index is -3.69. The molecule has 0 heterocycles. The molecule has 0 bridgehead atoms. The molecule has 0 aliphatic rings. The zero-order chi connectivity index (χ0) is 18.3. The molecule has 0 aromatic heterocycles. The molecule has 1 N–H and O–H groups in total. The van der Waals surface area contributed by atoms with Crippen molar-refractivity contribution in [3.05, 3.63) is 18.2 Å². The van der Waals surface area contributed by atoms with Crippen molar-refractivity contribution in [2.24, 2.45) is 5.92 Å². The molecule has 0 aliphatic heterocycles. The van der Waals surface area contributed by atoms with E-state index in [1.54, 1.807) is 4.90 Å². The van der Waals surface area contributed by atoms with Crippen molar-refractivity contribution in [1.29, 1.82) is 0 Å². The van der Waals surface area contributed by atoms with Crippen LogP contribution in [0.3, 0.4) is 0 Å². The third-order valence-electron chi connectivity index (χ3n) is 3.37. The van der Waals surface area contributed by atoms with E-state index in [4.69, 9.17) is 9.47 Å². The topological polar surface area (TPSA) is 84.9 Å². The molecule has 7 nitrogen and oxygen atoms in total. The Bertz CT molecular complexity index is 658. The molecule has 1 rings (SSSR count). The van der Waals surface area contributed by atoms with E-state index in [1.807, 2.05) is 13.8 Å². The molecule has 0 aliphatic carbocycles. The van der Waals surface area contributed by atoms with Gasteiger partial charge in [-0.3, -0.25) is 4.79 Å². The van der Waals surface area contributed by atoms with Gasteiger partial charge in [0, 0.05) is 32.6 Å². The highest BCUT2D eigenvalue weighted by atomic mass is 32.2. The summed E-state index contributed by atoms with van der Waals surface area (Å²) in [4.78, 5) is 13.3. The first-order valence-electron chi connectivity index (χ1n) is 7.68. The number of ether oxygens (including phenoxy) is 2. The number of hydrogen-bond acceptors (Lipinski definition) is 5. The molecule has 1 aromatic carbocycles. The van der Waals surface area contributed by atoms with Crippen LogP contribution < -0.4 is 14.2 Å². The van der Waals surface area contributed by atoms with E-state index in [2.05, 4.69) is 4.72 Å². The fourth-order valence-corrected chi connectivity index (χ4v) is 3.24. The molecule has 1 aromatic rings. The number of nitrogens with one attached hydrogen (secondary N) is 1. The quantitative estimate of drug-likeness (QED) is 0.723. The maximum Gasteiger partial charge on any atom is 0.240 e. The first kappa shape index (κ1) is 20.2. The van der Waals surface area contributed by atoms with Crippen LogP contribution in [0.4, 0.5) is 0 Å². The predicted molar refractivity (Wildman–Crippen MR) is 91.8 cm³/mol.